The predicted octanol–water partition coefficient (Wildman–Crippen LogP) is 0.0395. The summed E-state index contributed by atoms with van der Waals surface area (Å²) in [6, 6.07) is 0. The third kappa shape index (κ3) is 3.09. The topological polar surface area (TPSA) is 49.5 Å². The third-order valence-electron chi connectivity index (χ3n) is 2.59. The average Bonchev–Trinajstić information content (AvgIpc) is 2.56. The third-order valence-corrected chi connectivity index (χ3v) is 2.59. The highest BCUT2D eigenvalue weighted by Gasteiger charge is 2.15. The van der Waals surface area contributed by atoms with Crippen molar-refractivity contribution < 1.29 is 5.11 Å². The van der Waals surface area contributed by atoms with E-state index >= 15 is 0 Å². The normalized spacial score (nSPS) is 21.5. The fraction of sp³-hybridized carbons (Fsp3) is 1.00. The summed E-state index contributed by atoms with van der Waals surface area (Å²) in [7, 11) is 0. The molecule has 0 bridgehead atoms. The molecule has 12 heavy (non-hydrogen) atoms. The molecule has 1 heterocycles. The maximum atomic E-state index is 8.77. The Bertz CT molecular complexity index is 113. The number of hydrogen-bond acceptors (Lipinski definition) is 3. The van der Waals surface area contributed by atoms with Gasteiger partial charge in [0, 0.05) is 13.2 Å². The fourth-order valence-corrected chi connectivity index (χ4v) is 1.80. The summed E-state index contributed by atoms with van der Waals surface area (Å²) in [5.74, 6) is 0.494. The lowest BCUT2D eigenvalue weighted by atomic mass is 10.1. The van der Waals surface area contributed by atoms with E-state index in [9.17, 15) is 0 Å². The summed E-state index contributed by atoms with van der Waals surface area (Å²) in [6.07, 6.45) is 3.51. The molecule has 1 fully saturated rings. The van der Waals surface area contributed by atoms with Gasteiger partial charge < -0.3 is 15.7 Å². The van der Waals surface area contributed by atoms with Gasteiger partial charge in [0.1, 0.15) is 0 Å². The van der Waals surface area contributed by atoms with E-state index in [1.807, 2.05) is 0 Å². The first-order valence-corrected chi connectivity index (χ1v) is 4.90. The van der Waals surface area contributed by atoms with E-state index in [-0.39, 0.29) is 6.61 Å². The predicted molar refractivity (Wildman–Crippen MR) is 49.9 cm³/mol. The molecular formula is C9H20N2O. The van der Waals surface area contributed by atoms with Gasteiger partial charge in [0.25, 0.3) is 0 Å². The van der Waals surface area contributed by atoms with Crippen LogP contribution in [0.4, 0.5) is 0 Å². The summed E-state index contributed by atoms with van der Waals surface area (Å²) in [5, 5.41) is 8.77. The maximum Gasteiger partial charge on any atom is 0.0434 e. The van der Waals surface area contributed by atoms with Crippen LogP contribution in [0.5, 0.6) is 0 Å². The fourth-order valence-electron chi connectivity index (χ4n) is 1.80. The minimum atomic E-state index is 0.274. The van der Waals surface area contributed by atoms with E-state index in [2.05, 4.69) is 4.90 Å². The standard InChI is InChI=1S/C9H20N2O/c10-7-9(3-6-12)8-11-4-1-2-5-11/h9,12H,1-8,10H2. The summed E-state index contributed by atoms with van der Waals surface area (Å²) in [6.45, 7) is 4.51. The molecule has 0 aromatic carbocycles. The van der Waals surface area contributed by atoms with Gasteiger partial charge in [0.15, 0.2) is 0 Å². The lowest BCUT2D eigenvalue weighted by molar-refractivity contribution is 0.218. The zero-order valence-corrected chi connectivity index (χ0v) is 7.71. The lowest BCUT2D eigenvalue weighted by Crippen LogP contribution is -2.31. The second kappa shape index (κ2) is 5.51. The van der Waals surface area contributed by atoms with Crippen LogP contribution in [-0.2, 0) is 0 Å². The lowest BCUT2D eigenvalue weighted by Gasteiger charge is -2.21. The first-order chi connectivity index (χ1) is 5.86. The van der Waals surface area contributed by atoms with Crippen LogP contribution in [0, 0.1) is 5.92 Å². The molecule has 3 nitrogen and oxygen atoms in total. The number of aliphatic hydroxyl groups excluding tert-OH is 1. The second-order valence-corrected chi connectivity index (χ2v) is 3.62. The molecule has 1 saturated heterocycles. The summed E-state index contributed by atoms with van der Waals surface area (Å²) in [5.41, 5.74) is 5.60. The molecule has 0 spiro atoms. The van der Waals surface area contributed by atoms with Crippen LogP contribution in [0.15, 0.2) is 0 Å². The molecule has 0 aromatic rings. The Morgan fingerprint density at radius 1 is 1.33 bits per heavy atom. The highest BCUT2D eigenvalue weighted by atomic mass is 16.3. The van der Waals surface area contributed by atoms with E-state index in [1.54, 1.807) is 0 Å². The van der Waals surface area contributed by atoms with Gasteiger partial charge >= 0.3 is 0 Å². The molecule has 0 amide bonds. The number of aliphatic hydroxyl groups is 1. The zero-order valence-electron chi connectivity index (χ0n) is 7.71. The Balaban J connectivity index is 2.16. The van der Waals surface area contributed by atoms with Gasteiger partial charge in [-0.1, -0.05) is 0 Å². The maximum absolute atomic E-state index is 8.77. The molecule has 0 aromatic heterocycles. The van der Waals surface area contributed by atoms with Crippen molar-refractivity contribution in [3.8, 4) is 0 Å². The van der Waals surface area contributed by atoms with Crippen LogP contribution in [0.1, 0.15) is 19.3 Å². The largest absolute Gasteiger partial charge is 0.396 e. The summed E-state index contributed by atoms with van der Waals surface area (Å²) in [4.78, 5) is 2.45. The Morgan fingerprint density at radius 3 is 2.50 bits per heavy atom. The quantitative estimate of drug-likeness (QED) is 0.615. The zero-order chi connectivity index (χ0) is 8.81. The first-order valence-electron chi connectivity index (χ1n) is 4.90. The van der Waals surface area contributed by atoms with E-state index < -0.39 is 0 Å². The Hall–Kier alpha value is -0.120. The van der Waals surface area contributed by atoms with Crippen LogP contribution in [0.3, 0.4) is 0 Å². The average molecular weight is 172 g/mol. The van der Waals surface area contributed by atoms with Crippen LogP contribution >= 0.6 is 0 Å². The number of nitrogens with zero attached hydrogens (tertiary/aromatic N) is 1. The molecule has 3 heteroatoms. The highest BCUT2D eigenvalue weighted by molar-refractivity contribution is 4.71. The van der Waals surface area contributed by atoms with Gasteiger partial charge in [-0.15, -0.1) is 0 Å². The highest BCUT2D eigenvalue weighted by Crippen LogP contribution is 2.11. The van der Waals surface area contributed by atoms with Gasteiger partial charge in [0.05, 0.1) is 0 Å². The van der Waals surface area contributed by atoms with Crippen LogP contribution in [0.25, 0.3) is 0 Å². The van der Waals surface area contributed by atoms with Crippen molar-refractivity contribution in [2.75, 3.05) is 32.8 Å². The Morgan fingerprint density at radius 2 is 2.00 bits per heavy atom. The van der Waals surface area contributed by atoms with E-state index in [0.29, 0.717) is 12.5 Å². The molecule has 1 aliphatic heterocycles. The molecule has 0 saturated carbocycles. The van der Waals surface area contributed by atoms with Gasteiger partial charge in [-0.3, -0.25) is 0 Å². The van der Waals surface area contributed by atoms with E-state index in [1.165, 1.54) is 25.9 Å². The monoisotopic (exact) mass is 172 g/mol. The molecule has 0 radical (unpaired) electrons. The number of likely N-dealkylation sites (tertiary alicyclic amines) is 1. The van der Waals surface area contributed by atoms with Gasteiger partial charge in [-0.05, 0) is 44.8 Å². The minimum absolute atomic E-state index is 0.274. The number of rotatable bonds is 5. The second-order valence-electron chi connectivity index (χ2n) is 3.62. The van der Waals surface area contributed by atoms with Gasteiger partial charge in [-0.25, -0.2) is 0 Å². The van der Waals surface area contributed by atoms with Crippen molar-refractivity contribution in [3.63, 3.8) is 0 Å². The molecule has 1 unspecified atom stereocenters. The van der Waals surface area contributed by atoms with Crippen molar-refractivity contribution in [1.82, 2.24) is 4.90 Å². The molecule has 3 N–H and O–H groups in total. The Labute approximate surface area is 74.5 Å². The van der Waals surface area contributed by atoms with Crippen molar-refractivity contribution >= 4 is 0 Å². The van der Waals surface area contributed by atoms with E-state index in [0.717, 1.165) is 13.0 Å². The van der Waals surface area contributed by atoms with Crippen molar-refractivity contribution in [3.05, 3.63) is 0 Å². The van der Waals surface area contributed by atoms with Gasteiger partial charge in [-0.2, -0.15) is 0 Å². The van der Waals surface area contributed by atoms with Crippen molar-refractivity contribution in [2.24, 2.45) is 11.7 Å². The molecular weight excluding hydrogens is 152 g/mol. The number of nitrogens with two attached hydrogens (primary N) is 1. The molecule has 1 atom stereocenters. The smallest absolute Gasteiger partial charge is 0.0434 e. The Kier molecular flexibility index (Phi) is 4.58. The van der Waals surface area contributed by atoms with Crippen molar-refractivity contribution in [2.45, 2.75) is 19.3 Å². The molecule has 72 valence electrons. The number of hydrogen-bond donors (Lipinski definition) is 2. The summed E-state index contributed by atoms with van der Waals surface area (Å²) >= 11 is 0. The molecule has 1 rings (SSSR count). The van der Waals surface area contributed by atoms with E-state index in [4.69, 9.17) is 10.8 Å². The SMILES string of the molecule is NCC(CCO)CN1CCCC1. The van der Waals surface area contributed by atoms with Crippen LogP contribution in [-0.4, -0.2) is 42.8 Å². The minimum Gasteiger partial charge on any atom is -0.396 e. The van der Waals surface area contributed by atoms with Gasteiger partial charge in [0.2, 0.25) is 0 Å². The first kappa shape index (κ1) is 9.96. The molecule has 0 aliphatic carbocycles. The van der Waals surface area contributed by atoms with Crippen LogP contribution in [0.2, 0.25) is 0 Å². The van der Waals surface area contributed by atoms with Crippen molar-refractivity contribution in [1.29, 1.82) is 0 Å². The summed E-state index contributed by atoms with van der Waals surface area (Å²) < 4.78 is 0. The van der Waals surface area contributed by atoms with Crippen LogP contribution < -0.4 is 5.73 Å². The molecule has 1 aliphatic rings.